The Morgan fingerprint density at radius 2 is 0.513 bits per heavy atom. The number of nitrogens with one attached hydrogen (secondary N) is 6. The molecule has 0 saturated carbocycles. The van der Waals surface area contributed by atoms with Crippen molar-refractivity contribution in [3.63, 3.8) is 0 Å². The molecule has 6 atom stereocenters. The van der Waals surface area contributed by atoms with Crippen LogP contribution in [-0.2, 0) is 128 Å². The second kappa shape index (κ2) is 59.8. The van der Waals surface area contributed by atoms with Crippen molar-refractivity contribution in [2.75, 3.05) is 122 Å². The molecule has 0 radical (unpaired) electrons. The van der Waals surface area contributed by atoms with Crippen molar-refractivity contribution >= 4 is 131 Å². The van der Waals surface area contributed by atoms with Gasteiger partial charge in [0.2, 0.25) is 0 Å². The second-order valence-corrected chi connectivity index (χ2v) is 38.2. The summed E-state index contributed by atoms with van der Waals surface area (Å²) in [5.41, 5.74) is -6.08. The fourth-order valence-electron chi connectivity index (χ4n) is 12.8. The Bertz CT molecular complexity index is 9400. The number of H-pyrrole nitrogens is 6. The summed E-state index contributed by atoms with van der Waals surface area (Å²) in [5.74, 6) is -1.22. The summed E-state index contributed by atoms with van der Waals surface area (Å²) < 4.78 is 455. The number of hydrogen-bond donors (Lipinski definition) is 6. The topological polar surface area (TPSA) is 463 Å². The first-order valence-electron chi connectivity index (χ1n) is 65.2. The molecule has 6 unspecified atom stereocenters. The molecular formula is C108H126N18O18S6. The molecule has 18 rings (SSSR count). The van der Waals surface area contributed by atoms with Gasteiger partial charge in [0, 0.05) is 216 Å². The molecule has 36 nitrogen and oxygen atoms in total. The van der Waals surface area contributed by atoms with Crippen LogP contribution >= 0.6 is 0 Å². The predicted octanol–water partition coefficient (Wildman–Crippen LogP) is 17.9. The van der Waals surface area contributed by atoms with E-state index in [1.54, 1.807) is 92.0 Å². The van der Waals surface area contributed by atoms with Gasteiger partial charge in [0.05, 0.1) is 269 Å². The summed E-state index contributed by atoms with van der Waals surface area (Å²) in [6.07, 6.45) is 2.85. The zero-order chi connectivity index (χ0) is 140. The minimum Gasteiger partial charge on any atom is -0.493 e. The number of pyridine rings is 6. The van der Waals surface area contributed by atoms with Gasteiger partial charge < -0.3 is 86.7 Å². The highest BCUT2D eigenvalue weighted by atomic mass is 32.2. The molecule has 18 aromatic rings. The van der Waals surface area contributed by atoms with Crippen LogP contribution in [0.5, 0.6) is 34.5 Å². The molecule has 0 bridgehead atoms. The van der Waals surface area contributed by atoms with E-state index in [9.17, 15) is 25.3 Å². The lowest BCUT2D eigenvalue weighted by atomic mass is 10.2. The van der Waals surface area contributed by atoms with Crippen LogP contribution < -0.4 is 28.4 Å². The van der Waals surface area contributed by atoms with Gasteiger partial charge in [-0.3, -0.25) is 55.2 Å². The van der Waals surface area contributed by atoms with Gasteiger partial charge >= 0.3 is 0 Å². The van der Waals surface area contributed by atoms with Crippen molar-refractivity contribution in [3.8, 4) is 34.5 Å². The van der Waals surface area contributed by atoms with E-state index in [1.807, 2.05) is 37.3 Å². The normalized spacial score (nSPS) is 17.1. The van der Waals surface area contributed by atoms with Crippen LogP contribution in [0.2, 0.25) is 0 Å². The van der Waals surface area contributed by atoms with Gasteiger partial charge in [-0.15, -0.1) is 0 Å². The molecule has 0 fully saturated rings. The van der Waals surface area contributed by atoms with Gasteiger partial charge in [-0.2, -0.15) is 0 Å². The van der Waals surface area contributed by atoms with Crippen LogP contribution in [0.3, 0.4) is 0 Å². The molecule has 42 heteroatoms. The first-order chi connectivity index (χ1) is 89.1. The average Bonchev–Trinajstić information content (AvgIpc) is 1.24. The van der Waals surface area contributed by atoms with Crippen LogP contribution in [0.25, 0.3) is 66.2 Å². The Kier molecular flexibility index (Phi) is 28.1. The largest absolute Gasteiger partial charge is 0.493 e. The maximum Gasteiger partial charge on any atom is 0.197 e. The minimum absolute atomic E-state index is 0.00435. The lowest BCUT2D eigenvalue weighted by molar-refractivity contribution is 0.171. The lowest BCUT2D eigenvalue weighted by Gasteiger charge is -2.11. The smallest absolute Gasteiger partial charge is 0.197 e. The number of benzene rings is 6. The van der Waals surface area contributed by atoms with Crippen molar-refractivity contribution in [2.24, 2.45) is 0 Å². The molecule has 150 heavy (non-hydrogen) atoms. The van der Waals surface area contributed by atoms with Crippen LogP contribution in [0.1, 0.15) is 161 Å². The van der Waals surface area contributed by atoms with E-state index in [2.05, 4.69) is 94.4 Å². The standard InChI is InChI=1S/6C18H21N3O3S/c6*1-13-16(19-9-8-17(13)24-11-5-10-23-2)12-25(22)18-20-14-6-3-4-7-15(14)21-18/h6*3-4,6-9H,5,10-12H2,1-2H3,(H,20,21)/i1D3,3D,4D,6D,7D,8D,9D,12D2;1D3,3D,4D,6D,7D,8D,9D;1D3,8D,9D,12D2;1D3,8D,9D;2D3,12D2;2D3. The van der Waals surface area contributed by atoms with E-state index in [4.69, 9.17) is 107 Å². The molecule has 0 spiro atoms. The fourth-order valence-corrected chi connectivity index (χ4v) is 18.4. The molecule has 0 aliphatic carbocycles. The van der Waals surface area contributed by atoms with Gasteiger partial charge in [0.15, 0.2) is 30.9 Å². The van der Waals surface area contributed by atoms with Gasteiger partial charge in [-0.1, -0.05) is 72.7 Å². The van der Waals surface area contributed by atoms with Crippen LogP contribution in [0.15, 0.2) is 250 Å². The van der Waals surface area contributed by atoms with Crippen molar-refractivity contribution < 1.29 is 137 Å². The number of rotatable bonds is 48. The van der Waals surface area contributed by atoms with Crippen molar-refractivity contribution in [3.05, 3.63) is 286 Å². The van der Waals surface area contributed by atoms with E-state index in [1.165, 1.54) is 34.6 Å². The minimum atomic E-state index is -3.09. The Morgan fingerprint density at radius 1 is 0.267 bits per heavy atom. The summed E-state index contributed by atoms with van der Waals surface area (Å²) in [6, 6.07) is 25.7. The second-order valence-electron chi connectivity index (χ2n) is 30.7. The number of hydrogen-bond acceptors (Lipinski definition) is 30. The van der Waals surface area contributed by atoms with Crippen LogP contribution in [0.4, 0.5) is 0 Å². The molecular weight excluding hydrogens is 2030 g/mol. The number of fused-ring (bicyclic) bond motifs is 6. The summed E-state index contributed by atoms with van der Waals surface area (Å²) >= 11 is 0. The number of aromatic amines is 6. The molecule has 0 saturated heterocycles. The highest BCUT2D eigenvalue weighted by Crippen LogP contribution is 2.31. The zero-order valence-corrected chi connectivity index (χ0v) is 86.0. The Labute approximate surface area is 941 Å². The Hall–Kier alpha value is -13.5. The third-order valence-electron chi connectivity index (χ3n) is 20.3. The van der Waals surface area contributed by atoms with Crippen molar-refractivity contribution in [1.82, 2.24) is 89.7 Å². The average molecular weight is 2200 g/mol. The lowest BCUT2D eigenvalue weighted by Crippen LogP contribution is -2.06. The van der Waals surface area contributed by atoms with Crippen LogP contribution in [0, 0.1) is 41.3 Å². The van der Waals surface area contributed by atoms with Gasteiger partial charge in [0.25, 0.3) is 0 Å². The first-order valence-corrected chi connectivity index (χ1v) is 52.6. The quantitative estimate of drug-likeness (QED) is 0.0193. The van der Waals surface area contributed by atoms with Crippen molar-refractivity contribution in [2.45, 2.75) is 145 Å². The molecule has 0 amide bonds. The highest BCUT2D eigenvalue weighted by Gasteiger charge is 2.24. The summed E-state index contributed by atoms with van der Waals surface area (Å²) in [5, 5.41) is -0.392. The summed E-state index contributed by atoms with van der Waals surface area (Å²) in [6.45, 7) is -6.09. The van der Waals surface area contributed by atoms with Crippen LogP contribution in [-0.4, -0.2) is 237 Å². The maximum atomic E-state index is 13.4. The third kappa shape index (κ3) is 33.3. The molecule has 6 N–H and O–H groups in total. The third-order valence-corrected chi connectivity index (χ3v) is 26.5. The highest BCUT2D eigenvalue weighted by molar-refractivity contribution is 7.85. The SMILES string of the molecule is [2H]C([2H])([2H])OCCCOc1ccnc(C([2H])([2H])S(=O)c2nc3ccccc3[nH]2)c1C.[2H]C([2H])([2H])OCCCOc1ccnc(CS(=O)c2nc3ccccc3[nH]2)c1C.[2H]c1nc(C([2H])([2H])S(=O)c2nc3c([2H])c([2H])c([2H])c([2H])c3[nH]2)c(C([2H])([2H])[2H])c(OCCCOC)c1[2H].[2H]c1nc(C([2H])([2H])S(=O)c2nc3ccccc3[nH]2)c(C([2H])([2H])[2H])c(OCCCOC)c1[2H].[2H]c1nc(CS(=O)c2nc3c([2H])c([2H])c([2H])c([2H])c3[nH]2)c(C([2H])([2H])[2H])c(OCCCOC)c1[2H].[2H]c1nc(CS(=O)c2nc3ccccc3[nH]2)c(C([2H])([2H])[2H])c(OCCCOC)c1[2H]. The van der Waals surface area contributed by atoms with Crippen molar-refractivity contribution in [1.29, 1.82) is 0 Å². The molecule has 0 aliphatic heterocycles. The van der Waals surface area contributed by atoms with E-state index >= 15 is 0 Å². The molecule has 792 valence electrons. The van der Waals surface area contributed by atoms with Gasteiger partial charge in [0.1, 0.15) is 34.5 Å². The number of methoxy groups -OCH3 is 6. The number of ether oxygens (including phenoxy) is 12. The predicted molar refractivity (Wildman–Crippen MR) is 583 cm³/mol. The molecule has 6 aromatic carbocycles. The fraction of sp³-hybridized carbons (Fsp3) is 0.333. The number of para-hydroxylation sites is 12. The Morgan fingerprint density at radius 3 is 0.820 bits per heavy atom. The molecule has 0 aliphatic rings. The summed E-state index contributed by atoms with van der Waals surface area (Å²) in [4.78, 5) is 65.3. The number of aromatic nitrogens is 18. The zero-order valence-electron chi connectivity index (χ0n) is 121. The van der Waals surface area contributed by atoms with E-state index in [0.29, 0.717) is 126 Å². The molecule has 12 heterocycles. The van der Waals surface area contributed by atoms with E-state index in [0.717, 1.165) is 16.6 Å². The van der Waals surface area contributed by atoms with Gasteiger partial charge in [-0.25, -0.2) is 29.9 Å². The van der Waals surface area contributed by atoms with Gasteiger partial charge in [-0.05, 0) is 150 Å². The maximum absolute atomic E-state index is 13.4. The van der Waals surface area contributed by atoms with E-state index in [-0.39, 0.29) is 147 Å². The Balaban J connectivity index is 0.000000184. The molecule has 12 aromatic heterocycles. The number of nitrogens with zero attached hydrogens (tertiary/aromatic N) is 12. The number of imidazole rings is 6. The van der Waals surface area contributed by atoms with E-state index < -0.39 is 265 Å². The monoisotopic (exact) mass is 2200 g/mol. The first kappa shape index (κ1) is 70.5. The summed E-state index contributed by atoms with van der Waals surface area (Å²) in [7, 11) is -11.6.